The summed E-state index contributed by atoms with van der Waals surface area (Å²) >= 11 is 0. The zero-order valence-corrected chi connectivity index (χ0v) is 21.1. The van der Waals surface area contributed by atoms with Gasteiger partial charge in [-0.1, -0.05) is 47.0 Å². The van der Waals surface area contributed by atoms with Crippen LogP contribution in [0.15, 0.2) is 30.3 Å². The highest BCUT2D eigenvalue weighted by molar-refractivity contribution is 6.10. The molecule has 182 valence electrons. The number of aliphatic carboxylic acids is 1. The molecular weight excluding hydrogens is 412 g/mol. The minimum Gasteiger partial charge on any atom is -0.481 e. The van der Waals surface area contributed by atoms with Crippen molar-refractivity contribution in [2.75, 3.05) is 11.9 Å². The molecule has 0 aliphatic heterocycles. The van der Waals surface area contributed by atoms with Gasteiger partial charge in [0.05, 0.1) is 0 Å². The molecule has 1 heterocycles. The van der Waals surface area contributed by atoms with E-state index in [9.17, 15) is 9.59 Å². The smallest absolute Gasteiger partial charge is 0.303 e. The Kier molecular flexibility index (Phi) is 10.7. The van der Waals surface area contributed by atoms with Gasteiger partial charge < -0.3 is 15.0 Å². The van der Waals surface area contributed by atoms with Crippen molar-refractivity contribution in [1.29, 1.82) is 0 Å². The zero-order valence-electron chi connectivity index (χ0n) is 21.1. The monoisotopic (exact) mass is 454 g/mol. The summed E-state index contributed by atoms with van der Waals surface area (Å²) in [5, 5.41) is 12.4. The third-order valence-corrected chi connectivity index (χ3v) is 6.45. The lowest BCUT2D eigenvalue weighted by atomic mass is 9.97. The molecule has 1 aromatic carbocycles. The van der Waals surface area contributed by atoms with Gasteiger partial charge >= 0.3 is 5.97 Å². The Hall–Kier alpha value is -2.56. The van der Waals surface area contributed by atoms with Crippen LogP contribution in [0.25, 0.3) is 0 Å². The molecule has 0 aliphatic carbocycles. The molecule has 0 radical (unpaired) electrons. The summed E-state index contributed by atoms with van der Waals surface area (Å²) in [7, 11) is 1.96. The van der Waals surface area contributed by atoms with E-state index < -0.39 is 5.97 Å². The topological polar surface area (TPSA) is 71.3 Å². The molecule has 33 heavy (non-hydrogen) atoms. The molecule has 2 N–H and O–H groups in total. The van der Waals surface area contributed by atoms with E-state index in [1.165, 1.54) is 19.3 Å². The van der Waals surface area contributed by atoms with E-state index in [0.717, 1.165) is 47.9 Å². The maximum absolute atomic E-state index is 13.2. The van der Waals surface area contributed by atoms with Gasteiger partial charge in [-0.3, -0.25) is 9.59 Å². The average molecular weight is 455 g/mol. The van der Waals surface area contributed by atoms with Crippen molar-refractivity contribution in [3.63, 3.8) is 0 Å². The fourth-order valence-electron chi connectivity index (χ4n) is 4.36. The molecular formula is C28H42N2O3. The van der Waals surface area contributed by atoms with Crippen LogP contribution in [0, 0.1) is 11.8 Å². The SMILES string of the molecule is CCc1c(C(=O)c2ccc(NCCC(C)CCCC(C)C)cc2)cc(CCCC(=O)O)n1C. The number of nitrogens with one attached hydrogen (secondary N) is 1. The molecule has 1 aromatic heterocycles. The number of aryl methyl sites for hydroxylation is 1. The van der Waals surface area contributed by atoms with Crippen LogP contribution in [0.2, 0.25) is 0 Å². The Bertz CT molecular complexity index is 897. The zero-order chi connectivity index (χ0) is 24.4. The molecule has 0 amide bonds. The molecule has 0 fully saturated rings. The highest BCUT2D eigenvalue weighted by Crippen LogP contribution is 2.22. The van der Waals surface area contributed by atoms with Gasteiger partial charge in [-0.2, -0.15) is 0 Å². The van der Waals surface area contributed by atoms with Crippen molar-refractivity contribution < 1.29 is 14.7 Å². The fraction of sp³-hybridized carbons (Fsp3) is 0.571. The van der Waals surface area contributed by atoms with Gasteiger partial charge in [-0.05, 0) is 67.9 Å². The van der Waals surface area contributed by atoms with Crippen LogP contribution >= 0.6 is 0 Å². The highest BCUT2D eigenvalue weighted by Gasteiger charge is 2.19. The lowest BCUT2D eigenvalue weighted by Gasteiger charge is -2.13. The molecule has 1 atom stereocenters. The number of carbonyl (C=O) groups is 2. The van der Waals surface area contributed by atoms with Crippen molar-refractivity contribution in [2.24, 2.45) is 18.9 Å². The van der Waals surface area contributed by atoms with E-state index in [1.54, 1.807) is 0 Å². The molecule has 0 spiro atoms. The van der Waals surface area contributed by atoms with Crippen molar-refractivity contribution in [1.82, 2.24) is 4.57 Å². The fourth-order valence-corrected chi connectivity index (χ4v) is 4.36. The summed E-state index contributed by atoms with van der Waals surface area (Å²) in [6, 6.07) is 9.70. The molecule has 1 unspecified atom stereocenters. The summed E-state index contributed by atoms with van der Waals surface area (Å²) in [5.74, 6) is 0.736. The molecule has 0 saturated heterocycles. The number of rotatable bonds is 15. The Labute approximate surface area is 199 Å². The Morgan fingerprint density at radius 1 is 1.03 bits per heavy atom. The summed E-state index contributed by atoms with van der Waals surface area (Å²) in [4.78, 5) is 24.0. The minimum atomic E-state index is -0.787. The molecule has 5 nitrogen and oxygen atoms in total. The predicted molar refractivity (Wildman–Crippen MR) is 136 cm³/mol. The second-order valence-electron chi connectivity index (χ2n) is 9.71. The number of carboxylic acids is 1. The van der Waals surface area contributed by atoms with Crippen LogP contribution in [0.4, 0.5) is 5.69 Å². The van der Waals surface area contributed by atoms with Crippen LogP contribution in [0.1, 0.15) is 93.5 Å². The molecule has 0 aliphatic rings. The van der Waals surface area contributed by atoms with Gasteiger partial charge in [0, 0.05) is 48.2 Å². The summed E-state index contributed by atoms with van der Waals surface area (Å²) in [6.07, 6.45) is 7.15. The first-order valence-electron chi connectivity index (χ1n) is 12.5. The minimum absolute atomic E-state index is 0.0252. The quantitative estimate of drug-likeness (QED) is 0.302. The van der Waals surface area contributed by atoms with Gasteiger partial charge in [-0.15, -0.1) is 0 Å². The van der Waals surface area contributed by atoms with Gasteiger partial charge in [0.1, 0.15) is 0 Å². The first-order valence-corrected chi connectivity index (χ1v) is 12.5. The molecule has 0 bridgehead atoms. The first-order chi connectivity index (χ1) is 15.7. The highest BCUT2D eigenvalue weighted by atomic mass is 16.4. The molecule has 2 aromatic rings. The number of benzene rings is 1. The number of carbonyl (C=O) groups excluding carboxylic acids is 1. The van der Waals surface area contributed by atoms with Crippen molar-refractivity contribution >= 4 is 17.4 Å². The van der Waals surface area contributed by atoms with Gasteiger partial charge in [-0.25, -0.2) is 0 Å². The number of carboxylic acid groups (broad SMARTS) is 1. The van der Waals surface area contributed by atoms with Crippen LogP contribution < -0.4 is 5.32 Å². The van der Waals surface area contributed by atoms with Crippen molar-refractivity contribution in [3.8, 4) is 0 Å². The third kappa shape index (κ3) is 8.38. The molecule has 5 heteroatoms. The Morgan fingerprint density at radius 3 is 2.33 bits per heavy atom. The standard InChI is InChI=1S/C28H42N2O3/c1-6-26-25(19-24(30(26)5)11-8-12-27(31)32)28(33)22-13-15-23(16-14-22)29-18-17-21(4)10-7-9-20(2)3/h13-16,19-21,29H,6-12,17-18H2,1-5H3,(H,31,32). The lowest BCUT2D eigenvalue weighted by Crippen LogP contribution is -2.08. The Morgan fingerprint density at radius 2 is 1.73 bits per heavy atom. The molecule has 0 saturated carbocycles. The van der Waals surface area contributed by atoms with Crippen molar-refractivity contribution in [2.45, 2.75) is 79.1 Å². The second-order valence-corrected chi connectivity index (χ2v) is 9.71. The largest absolute Gasteiger partial charge is 0.481 e. The van der Waals surface area contributed by atoms with E-state index in [4.69, 9.17) is 5.11 Å². The van der Waals surface area contributed by atoms with E-state index in [-0.39, 0.29) is 12.2 Å². The van der Waals surface area contributed by atoms with Crippen LogP contribution in [-0.2, 0) is 24.7 Å². The van der Waals surface area contributed by atoms with E-state index in [2.05, 4.69) is 26.1 Å². The predicted octanol–water partition coefficient (Wildman–Crippen LogP) is 6.49. The number of nitrogens with zero attached hydrogens (tertiary/aromatic N) is 1. The maximum atomic E-state index is 13.2. The van der Waals surface area contributed by atoms with Gasteiger partial charge in [0.15, 0.2) is 5.78 Å². The third-order valence-electron chi connectivity index (χ3n) is 6.45. The Balaban J connectivity index is 1.94. The van der Waals surface area contributed by atoms with Gasteiger partial charge in [0.2, 0.25) is 0 Å². The number of aromatic nitrogens is 1. The number of anilines is 1. The average Bonchev–Trinajstić information content (AvgIpc) is 3.08. The summed E-state index contributed by atoms with van der Waals surface area (Å²) in [5.41, 5.74) is 4.46. The maximum Gasteiger partial charge on any atom is 0.303 e. The van der Waals surface area contributed by atoms with E-state index >= 15 is 0 Å². The first kappa shape index (κ1) is 26.7. The van der Waals surface area contributed by atoms with Crippen LogP contribution in [0.5, 0.6) is 0 Å². The van der Waals surface area contributed by atoms with Crippen molar-refractivity contribution in [3.05, 3.63) is 52.8 Å². The molecule has 2 rings (SSSR count). The van der Waals surface area contributed by atoms with Crippen LogP contribution in [-0.4, -0.2) is 28.0 Å². The van der Waals surface area contributed by atoms with Gasteiger partial charge in [0.25, 0.3) is 0 Å². The number of hydrogen-bond donors (Lipinski definition) is 2. The van der Waals surface area contributed by atoms with Crippen LogP contribution in [0.3, 0.4) is 0 Å². The summed E-state index contributed by atoms with van der Waals surface area (Å²) in [6.45, 7) is 9.87. The number of hydrogen-bond acceptors (Lipinski definition) is 3. The second kappa shape index (κ2) is 13.2. The number of ketones is 1. The van der Waals surface area contributed by atoms with E-state index in [1.807, 2.05) is 48.9 Å². The summed E-state index contributed by atoms with van der Waals surface area (Å²) < 4.78 is 2.05. The lowest BCUT2D eigenvalue weighted by molar-refractivity contribution is -0.137. The van der Waals surface area contributed by atoms with E-state index in [0.29, 0.717) is 24.3 Å². The normalized spacial score (nSPS) is 12.2.